The van der Waals surface area contributed by atoms with E-state index in [1.807, 2.05) is 0 Å². The van der Waals surface area contributed by atoms with Crippen molar-refractivity contribution in [1.29, 1.82) is 0 Å². The number of piperidine rings is 1. The van der Waals surface area contributed by atoms with Gasteiger partial charge in [0, 0.05) is 69.5 Å². The topological polar surface area (TPSA) is 108 Å². The standard InChI is InChI=1S/C35H39F4N5O5/c1-48-20-24-17-43(18-28(24)27-10-7-25(35(37,38)39)16-30(27)42-14-11-23(12-15-42)32(45)46)33(47)34(36)21-44(31-4-3-13-40-41-31)19-29(34)22-5-8-26(49-2)9-6-22/h3-10,13,16,23-24,28-29H,11-12,14-15,17-21H2,1-2H3,(H,45,46)/t24-,28+,29+,34+/m1/s1. The maximum absolute atomic E-state index is 17.6. The van der Waals surface area contributed by atoms with Crippen LogP contribution >= 0.6 is 0 Å². The lowest BCUT2D eigenvalue weighted by Gasteiger charge is -2.35. The molecule has 0 aliphatic carbocycles. The number of benzene rings is 2. The van der Waals surface area contributed by atoms with E-state index in [1.165, 1.54) is 31.4 Å². The molecule has 0 saturated carbocycles. The number of amides is 1. The molecule has 1 N–H and O–H groups in total. The number of carboxylic acids is 1. The number of anilines is 2. The van der Waals surface area contributed by atoms with E-state index in [9.17, 15) is 27.9 Å². The second-order valence-corrected chi connectivity index (χ2v) is 13.1. The minimum Gasteiger partial charge on any atom is -0.497 e. The van der Waals surface area contributed by atoms with Gasteiger partial charge in [-0.3, -0.25) is 9.59 Å². The molecule has 1 amide bonds. The van der Waals surface area contributed by atoms with Crippen molar-refractivity contribution in [3.8, 4) is 5.75 Å². The lowest BCUT2D eigenvalue weighted by atomic mass is 9.85. The molecule has 0 radical (unpaired) electrons. The Hall–Kier alpha value is -4.46. The summed E-state index contributed by atoms with van der Waals surface area (Å²) in [6.45, 7) is 0.857. The van der Waals surface area contributed by atoms with Crippen LogP contribution in [0, 0.1) is 11.8 Å². The minimum absolute atomic E-state index is 0.0724. The van der Waals surface area contributed by atoms with E-state index in [4.69, 9.17) is 9.47 Å². The van der Waals surface area contributed by atoms with Gasteiger partial charge in [-0.2, -0.15) is 18.3 Å². The third kappa shape index (κ3) is 6.87. The Bertz CT molecular complexity index is 1640. The Morgan fingerprint density at radius 3 is 2.35 bits per heavy atom. The van der Waals surface area contributed by atoms with Gasteiger partial charge in [0.1, 0.15) is 5.75 Å². The molecule has 14 heteroatoms. The lowest BCUT2D eigenvalue weighted by Crippen LogP contribution is -2.50. The smallest absolute Gasteiger partial charge is 0.416 e. The highest BCUT2D eigenvalue weighted by atomic mass is 19.4. The summed E-state index contributed by atoms with van der Waals surface area (Å²) >= 11 is 0. The van der Waals surface area contributed by atoms with Crippen molar-refractivity contribution < 1.29 is 41.7 Å². The van der Waals surface area contributed by atoms with Crippen LogP contribution in [-0.4, -0.2) is 97.8 Å². The summed E-state index contributed by atoms with van der Waals surface area (Å²) in [6.07, 6.45) is -2.49. The molecular weight excluding hydrogens is 646 g/mol. The van der Waals surface area contributed by atoms with Crippen LogP contribution in [0.2, 0.25) is 0 Å². The molecular formula is C35H39F4N5O5. The molecule has 0 bridgehead atoms. The highest BCUT2D eigenvalue weighted by Crippen LogP contribution is 2.46. The lowest BCUT2D eigenvalue weighted by molar-refractivity contribution is -0.143. The molecule has 0 unspecified atom stereocenters. The molecule has 3 fully saturated rings. The largest absolute Gasteiger partial charge is 0.497 e. The van der Waals surface area contributed by atoms with Gasteiger partial charge in [-0.1, -0.05) is 18.2 Å². The summed E-state index contributed by atoms with van der Waals surface area (Å²) in [5.74, 6) is -2.83. The third-order valence-corrected chi connectivity index (χ3v) is 10.2. The molecule has 3 aliphatic heterocycles. The first kappa shape index (κ1) is 34.4. The van der Waals surface area contributed by atoms with Crippen molar-refractivity contribution in [2.24, 2.45) is 11.8 Å². The van der Waals surface area contributed by atoms with Crippen LogP contribution in [0.25, 0.3) is 0 Å². The quantitative estimate of drug-likeness (QED) is 0.311. The van der Waals surface area contributed by atoms with E-state index in [2.05, 4.69) is 10.2 Å². The molecule has 6 rings (SSSR count). The van der Waals surface area contributed by atoms with Crippen LogP contribution in [0.3, 0.4) is 0 Å². The van der Waals surface area contributed by atoms with E-state index in [0.29, 0.717) is 41.2 Å². The molecule has 262 valence electrons. The van der Waals surface area contributed by atoms with Crippen molar-refractivity contribution in [2.75, 3.05) is 69.9 Å². The number of aliphatic carboxylic acids is 1. The average molecular weight is 686 g/mol. The fourth-order valence-corrected chi connectivity index (χ4v) is 7.59. The van der Waals surface area contributed by atoms with Crippen LogP contribution in [0.1, 0.15) is 41.4 Å². The Morgan fingerprint density at radius 1 is 1.00 bits per heavy atom. The first-order chi connectivity index (χ1) is 23.4. The number of hydrogen-bond acceptors (Lipinski definition) is 8. The number of methoxy groups -OCH3 is 2. The van der Waals surface area contributed by atoms with Crippen LogP contribution in [0.4, 0.5) is 29.1 Å². The van der Waals surface area contributed by atoms with Gasteiger partial charge >= 0.3 is 12.1 Å². The number of carboxylic acid groups (broad SMARTS) is 1. The van der Waals surface area contributed by atoms with E-state index < -0.39 is 47.0 Å². The number of alkyl halides is 4. The van der Waals surface area contributed by atoms with Gasteiger partial charge in [0.15, 0.2) is 5.82 Å². The van der Waals surface area contributed by atoms with Crippen LogP contribution < -0.4 is 14.5 Å². The number of rotatable bonds is 9. The number of ether oxygens (including phenoxy) is 2. The van der Waals surface area contributed by atoms with Gasteiger partial charge in [-0.15, -0.1) is 5.10 Å². The Kier molecular flexibility index (Phi) is 9.70. The van der Waals surface area contributed by atoms with Gasteiger partial charge < -0.3 is 29.3 Å². The van der Waals surface area contributed by atoms with Crippen molar-refractivity contribution in [1.82, 2.24) is 15.1 Å². The van der Waals surface area contributed by atoms with E-state index in [0.717, 1.165) is 12.1 Å². The SMILES string of the molecule is COC[C@H]1CN(C(=O)[C@]2(F)CN(c3cccnn3)C[C@H]2c2ccc(OC)cc2)C[C@@H]1c1ccc(C(F)(F)F)cc1N1CCC(C(=O)O)CC1. The van der Waals surface area contributed by atoms with Crippen molar-refractivity contribution in [3.05, 3.63) is 77.5 Å². The van der Waals surface area contributed by atoms with Crippen molar-refractivity contribution >= 4 is 23.4 Å². The maximum Gasteiger partial charge on any atom is 0.416 e. The zero-order valence-corrected chi connectivity index (χ0v) is 27.3. The molecule has 3 aliphatic rings. The normalized spacial score (nSPS) is 24.8. The zero-order chi connectivity index (χ0) is 34.9. The molecule has 0 spiro atoms. The monoisotopic (exact) mass is 685 g/mol. The predicted octanol–water partition coefficient (Wildman–Crippen LogP) is 5.01. The maximum atomic E-state index is 17.6. The number of carbonyl (C=O) groups is 2. The second-order valence-electron chi connectivity index (χ2n) is 13.1. The van der Waals surface area contributed by atoms with E-state index in [1.54, 1.807) is 46.2 Å². The van der Waals surface area contributed by atoms with Crippen molar-refractivity contribution in [2.45, 2.75) is 36.5 Å². The summed E-state index contributed by atoms with van der Waals surface area (Å²) < 4.78 is 70.2. The highest BCUT2D eigenvalue weighted by Gasteiger charge is 2.57. The van der Waals surface area contributed by atoms with E-state index >= 15 is 4.39 Å². The summed E-state index contributed by atoms with van der Waals surface area (Å²) in [4.78, 5) is 31.0. The fraction of sp³-hybridized carbons (Fsp3) is 0.486. The Balaban J connectivity index is 1.33. The molecule has 2 aromatic carbocycles. The molecule has 4 atom stereocenters. The number of likely N-dealkylation sites (tertiary alicyclic amines) is 1. The van der Waals surface area contributed by atoms with Gasteiger partial charge in [-0.05, 0) is 60.4 Å². The van der Waals surface area contributed by atoms with Gasteiger partial charge in [0.25, 0.3) is 5.91 Å². The minimum atomic E-state index is -4.59. The van der Waals surface area contributed by atoms with Crippen LogP contribution in [-0.2, 0) is 20.5 Å². The summed E-state index contributed by atoms with van der Waals surface area (Å²) in [6, 6.07) is 13.9. The van der Waals surface area contributed by atoms with Crippen molar-refractivity contribution in [3.63, 3.8) is 0 Å². The number of aromatic nitrogens is 2. The average Bonchev–Trinajstić information content (AvgIpc) is 3.69. The summed E-state index contributed by atoms with van der Waals surface area (Å²) in [5, 5.41) is 17.6. The van der Waals surface area contributed by atoms with Gasteiger partial charge in [-0.25, -0.2) is 4.39 Å². The predicted molar refractivity (Wildman–Crippen MR) is 173 cm³/mol. The molecule has 1 aromatic heterocycles. The van der Waals surface area contributed by atoms with Gasteiger partial charge in [0.05, 0.1) is 31.7 Å². The zero-order valence-electron chi connectivity index (χ0n) is 27.3. The second kappa shape index (κ2) is 13.8. The molecule has 3 aromatic rings. The summed E-state index contributed by atoms with van der Waals surface area (Å²) in [5.41, 5.74) is -1.63. The third-order valence-electron chi connectivity index (χ3n) is 10.2. The number of hydrogen-bond donors (Lipinski definition) is 1. The number of nitrogens with zero attached hydrogens (tertiary/aromatic N) is 5. The number of carbonyl (C=O) groups excluding carboxylic acids is 1. The fourth-order valence-electron chi connectivity index (χ4n) is 7.59. The molecule has 49 heavy (non-hydrogen) atoms. The van der Waals surface area contributed by atoms with Crippen LogP contribution in [0.5, 0.6) is 5.75 Å². The molecule has 10 nitrogen and oxygen atoms in total. The first-order valence-electron chi connectivity index (χ1n) is 16.3. The summed E-state index contributed by atoms with van der Waals surface area (Å²) in [7, 11) is 3.04. The van der Waals surface area contributed by atoms with Gasteiger partial charge in [0.2, 0.25) is 5.67 Å². The Morgan fingerprint density at radius 2 is 1.73 bits per heavy atom. The number of halogens is 4. The highest BCUT2D eigenvalue weighted by molar-refractivity contribution is 5.89. The molecule has 4 heterocycles. The van der Waals surface area contributed by atoms with Crippen LogP contribution in [0.15, 0.2) is 60.8 Å². The first-order valence-corrected chi connectivity index (χ1v) is 16.3. The van der Waals surface area contributed by atoms with E-state index in [-0.39, 0.29) is 51.8 Å². The molecule has 3 saturated heterocycles. The Labute approximate surface area is 281 Å².